The highest BCUT2D eigenvalue weighted by atomic mass is 16.5. The number of carbonyl (C=O) groups is 2. The van der Waals surface area contributed by atoms with Gasteiger partial charge >= 0.3 is 12.0 Å². The Balaban J connectivity index is 2.02. The van der Waals surface area contributed by atoms with Crippen molar-refractivity contribution in [2.24, 2.45) is 0 Å². The van der Waals surface area contributed by atoms with E-state index in [-0.39, 0.29) is 30.2 Å². The smallest absolute Gasteiger partial charge is 0.315 e. The first-order chi connectivity index (χ1) is 8.49. The molecule has 2 N–H and O–H groups in total. The van der Waals surface area contributed by atoms with Gasteiger partial charge in [-0.2, -0.15) is 0 Å². The number of urea groups is 1. The molecule has 0 bridgehead atoms. The molecule has 18 heavy (non-hydrogen) atoms. The van der Waals surface area contributed by atoms with E-state index < -0.39 is 0 Å². The largest absolute Gasteiger partial charge is 0.463 e. The Morgan fingerprint density at radius 3 is 2.56 bits per heavy atom. The molecule has 1 saturated heterocycles. The first-order valence-electron chi connectivity index (χ1n) is 6.75. The van der Waals surface area contributed by atoms with Crippen LogP contribution >= 0.6 is 0 Å². The molecule has 0 aliphatic carbocycles. The predicted octanol–water partition coefficient (Wildman–Crippen LogP) is 1.96. The van der Waals surface area contributed by atoms with Crippen LogP contribution in [0.15, 0.2) is 0 Å². The molecule has 0 spiro atoms. The second-order valence-corrected chi connectivity index (χ2v) is 5.15. The van der Waals surface area contributed by atoms with Gasteiger partial charge in [0.15, 0.2) is 0 Å². The SMILES string of the molecule is CC(C)OC(=O)CCCCC[C@H]1NC(=O)N[C@H]1C. The molecule has 1 heterocycles. The third-order valence-corrected chi connectivity index (χ3v) is 3.04. The lowest BCUT2D eigenvalue weighted by Crippen LogP contribution is -2.30. The zero-order chi connectivity index (χ0) is 13.5. The van der Waals surface area contributed by atoms with Gasteiger partial charge in [0.25, 0.3) is 0 Å². The third-order valence-electron chi connectivity index (χ3n) is 3.04. The molecule has 2 atom stereocenters. The van der Waals surface area contributed by atoms with Crippen LogP contribution < -0.4 is 10.6 Å². The van der Waals surface area contributed by atoms with E-state index in [1.807, 2.05) is 20.8 Å². The maximum atomic E-state index is 11.3. The molecular weight excluding hydrogens is 232 g/mol. The lowest BCUT2D eigenvalue weighted by molar-refractivity contribution is -0.147. The summed E-state index contributed by atoms with van der Waals surface area (Å²) in [7, 11) is 0. The first kappa shape index (κ1) is 14.8. The van der Waals surface area contributed by atoms with Crippen molar-refractivity contribution in [1.29, 1.82) is 0 Å². The van der Waals surface area contributed by atoms with Crippen LogP contribution in [0.2, 0.25) is 0 Å². The highest BCUT2D eigenvalue weighted by Crippen LogP contribution is 2.12. The molecule has 0 radical (unpaired) electrons. The average Bonchev–Trinajstić information content (AvgIpc) is 2.56. The fourth-order valence-electron chi connectivity index (χ4n) is 2.10. The van der Waals surface area contributed by atoms with E-state index in [0.29, 0.717) is 6.42 Å². The summed E-state index contributed by atoms with van der Waals surface area (Å²) < 4.78 is 5.06. The Kier molecular flexibility index (Phi) is 5.95. The Morgan fingerprint density at radius 2 is 2.00 bits per heavy atom. The van der Waals surface area contributed by atoms with Crippen LogP contribution in [0.4, 0.5) is 4.79 Å². The van der Waals surface area contributed by atoms with Crippen molar-refractivity contribution in [2.45, 2.75) is 71.1 Å². The topological polar surface area (TPSA) is 67.4 Å². The van der Waals surface area contributed by atoms with E-state index in [1.165, 1.54) is 0 Å². The molecule has 0 unspecified atom stereocenters. The first-order valence-corrected chi connectivity index (χ1v) is 6.75. The highest BCUT2D eigenvalue weighted by Gasteiger charge is 2.26. The van der Waals surface area contributed by atoms with Gasteiger partial charge in [-0.15, -0.1) is 0 Å². The fraction of sp³-hybridized carbons (Fsp3) is 0.846. The highest BCUT2D eigenvalue weighted by molar-refractivity contribution is 5.77. The van der Waals surface area contributed by atoms with E-state index in [1.54, 1.807) is 0 Å². The van der Waals surface area contributed by atoms with Crippen LogP contribution in [0.25, 0.3) is 0 Å². The summed E-state index contributed by atoms with van der Waals surface area (Å²) in [5, 5.41) is 5.71. The van der Waals surface area contributed by atoms with Gasteiger partial charge in [-0.3, -0.25) is 4.79 Å². The van der Waals surface area contributed by atoms with Gasteiger partial charge in [-0.25, -0.2) is 4.79 Å². The molecule has 0 aromatic carbocycles. The van der Waals surface area contributed by atoms with Gasteiger partial charge in [-0.05, 0) is 33.6 Å². The Bertz CT molecular complexity index is 292. The van der Waals surface area contributed by atoms with E-state index in [2.05, 4.69) is 10.6 Å². The minimum absolute atomic E-state index is 0.0295. The zero-order valence-corrected chi connectivity index (χ0v) is 11.5. The van der Waals surface area contributed by atoms with Gasteiger partial charge in [0.1, 0.15) is 0 Å². The molecule has 1 fully saturated rings. The van der Waals surface area contributed by atoms with Crippen LogP contribution in [-0.2, 0) is 9.53 Å². The number of unbranched alkanes of at least 4 members (excludes halogenated alkanes) is 2. The number of esters is 1. The molecule has 5 nitrogen and oxygen atoms in total. The number of nitrogens with one attached hydrogen (secondary N) is 2. The van der Waals surface area contributed by atoms with Gasteiger partial charge in [0.2, 0.25) is 0 Å². The molecule has 1 aliphatic rings. The van der Waals surface area contributed by atoms with Crippen molar-refractivity contribution < 1.29 is 14.3 Å². The maximum Gasteiger partial charge on any atom is 0.315 e. The summed E-state index contributed by atoms with van der Waals surface area (Å²) in [4.78, 5) is 22.3. The normalized spacial score (nSPS) is 22.8. The fourth-order valence-corrected chi connectivity index (χ4v) is 2.10. The molecule has 0 saturated carbocycles. The Labute approximate surface area is 109 Å². The van der Waals surface area contributed by atoms with Crippen LogP contribution in [0.3, 0.4) is 0 Å². The summed E-state index contributed by atoms with van der Waals surface area (Å²) in [6, 6.07) is 0.344. The monoisotopic (exact) mass is 256 g/mol. The third kappa shape index (κ3) is 5.38. The molecule has 0 aromatic heterocycles. The lowest BCUT2D eigenvalue weighted by atomic mass is 10.0. The lowest BCUT2D eigenvalue weighted by Gasteiger charge is -2.13. The minimum Gasteiger partial charge on any atom is -0.463 e. The van der Waals surface area contributed by atoms with Crippen molar-refractivity contribution >= 4 is 12.0 Å². The second kappa shape index (κ2) is 7.24. The van der Waals surface area contributed by atoms with Gasteiger partial charge in [-0.1, -0.05) is 12.8 Å². The van der Waals surface area contributed by atoms with Gasteiger partial charge in [0, 0.05) is 12.5 Å². The van der Waals surface area contributed by atoms with E-state index in [0.717, 1.165) is 25.7 Å². The molecule has 5 heteroatoms. The van der Waals surface area contributed by atoms with Crippen LogP contribution in [-0.4, -0.2) is 30.2 Å². The summed E-state index contributed by atoms with van der Waals surface area (Å²) >= 11 is 0. The standard InChI is InChI=1S/C13H24N2O3/c1-9(2)18-12(16)8-6-4-5-7-11-10(3)14-13(17)15-11/h9-11H,4-8H2,1-3H3,(H2,14,15,17)/t10-,11+/m0/s1. The van der Waals surface area contributed by atoms with Crippen molar-refractivity contribution in [3.63, 3.8) is 0 Å². The number of hydrogen-bond acceptors (Lipinski definition) is 3. The van der Waals surface area contributed by atoms with Crippen molar-refractivity contribution in [3.8, 4) is 0 Å². The Morgan fingerprint density at radius 1 is 1.28 bits per heavy atom. The molecule has 2 amide bonds. The van der Waals surface area contributed by atoms with E-state index in [9.17, 15) is 9.59 Å². The summed E-state index contributed by atoms with van der Waals surface area (Å²) in [6.07, 6.45) is 4.28. The molecule has 1 aliphatic heterocycles. The maximum absolute atomic E-state index is 11.3. The van der Waals surface area contributed by atoms with E-state index in [4.69, 9.17) is 4.74 Å². The summed E-state index contributed by atoms with van der Waals surface area (Å²) in [5.74, 6) is -0.116. The van der Waals surface area contributed by atoms with Crippen LogP contribution in [0.1, 0.15) is 52.9 Å². The average molecular weight is 256 g/mol. The quantitative estimate of drug-likeness (QED) is 0.540. The molecule has 1 rings (SSSR count). The molecule has 104 valence electrons. The van der Waals surface area contributed by atoms with Gasteiger partial charge in [0.05, 0.1) is 12.1 Å². The minimum atomic E-state index is -0.116. The summed E-state index contributed by atoms with van der Waals surface area (Å²) in [5.41, 5.74) is 0. The number of carbonyl (C=O) groups excluding carboxylic acids is 2. The van der Waals surface area contributed by atoms with Crippen LogP contribution in [0, 0.1) is 0 Å². The van der Waals surface area contributed by atoms with Crippen molar-refractivity contribution in [1.82, 2.24) is 10.6 Å². The zero-order valence-electron chi connectivity index (χ0n) is 11.5. The number of ether oxygens (including phenoxy) is 1. The summed E-state index contributed by atoms with van der Waals surface area (Å²) in [6.45, 7) is 5.71. The number of amides is 2. The van der Waals surface area contributed by atoms with Crippen molar-refractivity contribution in [2.75, 3.05) is 0 Å². The predicted molar refractivity (Wildman–Crippen MR) is 69.2 cm³/mol. The van der Waals surface area contributed by atoms with Crippen molar-refractivity contribution in [3.05, 3.63) is 0 Å². The second-order valence-electron chi connectivity index (χ2n) is 5.15. The molecular formula is C13H24N2O3. The number of hydrogen-bond donors (Lipinski definition) is 2. The Hall–Kier alpha value is -1.26. The van der Waals surface area contributed by atoms with Gasteiger partial charge < -0.3 is 15.4 Å². The number of rotatable bonds is 7. The molecule has 0 aromatic rings. The van der Waals surface area contributed by atoms with Crippen LogP contribution in [0.5, 0.6) is 0 Å². The van der Waals surface area contributed by atoms with E-state index >= 15 is 0 Å².